The third-order valence-electron chi connectivity index (χ3n) is 4.29. The van der Waals surface area contributed by atoms with Crippen LogP contribution in [-0.4, -0.2) is 20.3 Å². The van der Waals surface area contributed by atoms with E-state index in [9.17, 15) is 9.50 Å². The van der Waals surface area contributed by atoms with Crippen molar-refractivity contribution in [3.8, 4) is 17.0 Å². The lowest BCUT2D eigenvalue weighted by molar-refractivity contribution is 0.475. The minimum absolute atomic E-state index is 0.142. The summed E-state index contributed by atoms with van der Waals surface area (Å²) in [7, 11) is 0. The number of anilines is 2. The van der Waals surface area contributed by atoms with E-state index < -0.39 is 0 Å². The van der Waals surface area contributed by atoms with Gasteiger partial charge in [-0.15, -0.1) is 10.2 Å². The van der Waals surface area contributed by atoms with Gasteiger partial charge in [-0.1, -0.05) is 18.2 Å². The highest BCUT2D eigenvalue weighted by Gasteiger charge is 2.16. The molecule has 0 radical (unpaired) electrons. The number of nitrogens with zero attached hydrogens (tertiary/aromatic N) is 4. The fraction of sp³-hybridized carbons (Fsp3) is 0.0455. The zero-order valence-electron chi connectivity index (χ0n) is 14.9. The lowest BCUT2D eigenvalue weighted by Crippen LogP contribution is -2.19. The first kappa shape index (κ1) is 17.6. The van der Waals surface area contributed by atoms with Gasteiger partial charge in [0.25, 0.3) is 0 Å². The van der Waals surface area contributed by atoms with Crippen LogP contribution in [0.25, 0.3) is 11.3 Å². The Morgan fingerprint density at radius 2 is 1.61 bits per heavy atom. The van der Waals surface area contributed by atoms with E-state index in [1.807, 2.05) is 47.4 Å². The molecule has 0 aliphatic rings. The Balaban J connectivity index is 1.70. The Labute approximate surface area is 161 Å². The van der Waals surface area contributed by atoms with Gasteiger partial charge in [-0.3, -0.25) is 4.98 Å². The lowest BCUT2D eigenvalue weighted by Gasteiger charge is -2.24. The minimum atomic E-state index is -0.297. The maximum Gasteiger partial charge on any atom is 0.156 e. The van der Waals surface area contributed by atoms with Crippen LogP contribution in [0.5, 0.6) is 5.75 Å². The average molecular weight is 372 g/mol. The molecular formula is C22H17FN4O. The van der Waals surface area contributed by atoms with Gasteiger partial charge in [0.15, 0.2) is 5.82 Å². The summed E-state index contributed by atoms with van der Waals surface area (Å²) in [5, 5.41) is 18.9. The van der Waals surface area contributed by atoms with Crippen molar-refractivity contribution in [2.24, 2.45) is 0 Å². The number of rotatable bonds is 5. The first-order chi connectivity index (χ1) is 13.7. The van der Waals surface area contributed by atoms with Crippen molar-refractivity contribution in [2.75, 3.05) is 4.90 Å². The van der Waals surface area contributed by atoms with Crippen LogP contribution in [0.15, 0.2) is 85.1 Å². The quantitative estimate of drug-likeness (QED) is 0.549. The van der Waals surface area contributed by atoms with Gasteiger partial charge in [-0.25, -0.2) is 4.39 Å². The van der Waals surface area contributed by atoms with Gasteiger partial charge in [0, 0.05) is 11.8 Å². The number of pyridine rings is 1. The van der Waals surface area contributed by atoms with E-state index in [2.05, 4.69) is 15.2 Å². The molecule has 6 heteroatoms. The van der Waals surface area contributed by atoms with E-state index in [0.717, 1.165) is 11.3 Å². The number of phenols is 1. The van der Waals surface area contributed by atoms with Crippen molar-refractivity contribution in [1.82, 2.24) is 15.2 Å². The van der Waals surface area contributed by atoms with Gasteiger partial charge in [-0.2, -0.15) is 0 Å². The summed E-state index contributed by atoms with van der Waals surface area (Å²) in [5.74, 6) is 0.412. The summed E-state index contributed by atoms with van der Waals surface area (Å²) in [6.45, 7) is 0.420. The molecule has 0 spiro atoms. The number of aromatic nitrogens is 3. The molecular weight excluding hydrogens is 355 g/mol. The summed E-state index contributed by atoms with van der Waals surface area (Å²) in [6, 6.07) is 22.5. The summed E-state index contributed by atoms with van der Waals surface area (Å²) < 4.78 is 13.1. The second-order valence-corrected chi connectivity index (χ2v) is 6.18. The largest absolute Gasteiger partial charge is 0.506 e. The first-order valence-electron chi connectivity index (χ1n) is 8.76. The van der Waals surface area contributed by atoms with Crippen molar-refractivity contribution in [3.63, 3.8) is 0 Å². The van der Waals surface area contributed by atoms with Crippen LogP contribution in [0.4, 0.5) is 15.9 Å². The van der Waals surface area contributed by atoms with E-state index in [0.29, 0.717) is 23.7 Å². The Morgan fingerprint density at radius 1 is 0.821 bits per heavy atom. The molecule has 2 aromatic carbocycles. The monoisotopic (exact) mass is 372 g/mol. The fourth-order valence-corrected chi connectivity index (χ4v) is 2.88. The van der Waals surface area contributed by atoms with Crippen molar-refractivity contribution in [2.45, 2.75) is 6.54 Å². The molecule has 28 heavy (non-hydrogen) atoms. The van der Waals surface area contributed by atoms with Gasteiger partial charge < -0.3 is 10.0 Å². The molecule has 1 N–H and O–H groups in total. The van der Waals surface area contributed by atoms with Gasteiger partial charge in [0.05, 0.1) is 23.6 Å². The normalized spacial score (nSPS) is 10.6. The second-order valence-electron chi connectivity index (χ2n) is 6.18. The standard InChI is InChI=1S/C22H17FN4O/c23-17-10-8-16(9-11-17)19-12-13-22(26-25-19)27(15-18-5-3-4-14-24-18)20-6-1-2-7-21(20)28/h1-14,28H,15H2. The Bertz CT molecular complexity index is 1050. The maximum absolute atomic E-state index is 13.1. The van der Waals surface area contributed by atoms with Gasteiger partial charge >= 0.3 is 0 Å². The number of phenolic OH excluding ortho intramolecular Hbond substituents is 1. The summed E-state index contributed by atoms with van der Waals surface area (Å²) >= 11 is 0. The van der Waals surface area contributed by atoms with E-state index in [-0.39, 0.29) is 11.6 Å². The summed E-state index contributed by atoms with van der Waals surface area (Å²) in [6.07, 6.45) is 1.72. The Hall–Kier alpha value is -3.80. The maximum atomic E-state index is 13.1. The van der Waals surface area contributed by atoms with Crippen molar-refractivity contribution < 1.29 is 9.50 Å². The lowest BCUT2D eigenvalue weighted by atomic mass is 10.1. The average Bonchev–Trinajstić information content (AvgIpc) is 2.74. The number of hydrogen-bond donors (Lipinski definition) is 1. The van der Waals surface area contributed by atoms with Crippen LogP contribution in [0.2, 0.25) is 0 Å². The molecule has 0 fully saturated rings. The number of aromatic hydroxyl groups is 1. The van der Waals surface area contributed by atoms with Crippen LogP contribution >= 0.6 is 0 Å². The molecule has 4 rings (SSSR count). The second kappa shape index (κ2) is 7.84. The van der Waals surface area contributed by atoms with Crippen LogP contribution in [-0.2, 0) is 6.54 Å². The highest BCUT2D eigenvalue weighted by Crippen LogP contribution is 2.33. The van der Waals surface area contributed by atoms with E-state index in [4.69, 9.17) is 0 Å². The van der Waals surface area contributed by atoms with Crippen LogP contribution in [0.1, 0.15) is 5.69 Å². The van der Waals surface area contributed by atoms with E-state index in [1.54, 1.807) is 30.5 Å². The molecule has 138 valence electrons. The molecule has 5 nitrogen and oxygen atoms in total. The number of hydrogen-bond acceptors (Lipinski definition) is 5. The number of halogens is 1. The zero-order valence-corrected chi connectivity index (χ0v) is 14.9. The van der Waals surface area contributed by atoms with Gasteiger partial charge in [-0.05, 0) is 60.7 Å². The summed E-state index contributed by atoms with van der Waals surface area (Å²) in [4.78, 5) is 6.21. The van der Waals surface area contributed by atoms with Crippen molar-refractivity contribution in [1.29, 1.82) is 0 Å². The third kappa shape index (κ3) is 3.81. The van der Waals surface area contributed by atoms with Crippen LogP contribution in [0, 0.1) is 5.82 Å². The molecule has 0 atom stereocenters. The van der Waals surface area contributed by atoms with Crippen molar-refractivity contribution >= 4 is 11.5 Å². The highest BCUT2D eigenvalue weighted by molar-refractivity contribution is 5.67. The molecule has 2 aromatic heterocycles. The summed E-state index contributed by atoms with van der Waals surface area (Å²) in [5.41, 5.74) is 2.85. The minimum Gasteiger partial charge on any atom is -0.506 e. The zero-order chi connectivity index (χ0) is 19.3. The number of benzene rings is 2. The van der Waals surface area contributed by atoms with Gasteiger partial charge in [0.2, 0.25) is 0 Å². The van der Waals surface area contributed by atoms with Crippen molar-refractivity contribution in [3.05, 3.63) is 96.6 Å². The van der Waals surface area contributed by atoms with E-state index >= 15 is 0 Å². The fourth-order valence-electron chi connectivity index (χ4n) is 2.88. The van der Waals surface area contributed by atoms with Crippen LogP contribution < -0.4 is 4.90 Å². The highest BCUT2D eigenvalue weighted by atomic mass is 19.1. The third-order valence-corrected chi connectivity index (χ3v) is 4.29. The molecule has 0 amide bonds. The molecule has 0 aliphatic heterocycles. The van der Waals surface area contributed by atoms with E-state index in [1.165, 1.54) is 12.1 Å². The van der Waals surface area contributed by atoms with Gasteiger partial charge in [0.1, 0.15) is 11.6 Å². The Kier molecular flexibility index (Phi) is 4.93. The molecule has 2 heterocycles. The van der Waals surface area contributed by atoms with Crippen LogP contribution in [0.3, 0.4) is 0 Å². The SMILES string of the molecule is Oc1ccccc1N(Cc1ccccn1)c1ccc(-c2ccc(F)cc2)nn1. The molecule has 0 unspecified atom stereocenters. The molecule has 4 aromatic rings. The molecule has 0 aliphatic carbocycles. The number of para-hydroxylation sites is 2. The first-order valence-corrected chi connectivity index (χ1v) is 8.76. The topological polar surface area (TPSA) is 62.1 Å². The molecule has 0 saturated carbocycles. The molecule has 0 bridgehead atoms. The Morgan fingerprint density at radius 3 is 2.29 bits per heavy atom. The molecule has 0 saturated heterocycles. The predicted molar refractivity (Wildman–Crippen MR) is 106 cm³/mol. The predicted octanol–water partition coefficient (Wildman–Crippen LogP) is 4.72. The smallest absolute Gasteiger partial charge is 0.156 e.